The molecule has 0 atom stereocenters. The Bertz CT molecular complexity index is 720. The number of nitrogens with zero attached hydrogens (tertiary/aromatic N) is 2. The Morgan fingerprint density at radius 3 is 2.48 bits per heavy atom. The predicted octanol–water partition coefficient (Wildman–Crippen LogP) is 4.27. The molecule has 0 spiro atoms. The molecule has 0 radical (unpaired) electrons. The number of guanidine groups is 1. The fraction of sp³-hybridized carbons (Fsp3) is 0.412. The number of benzene rings is 1. The van der Waals surface area contributed by atoms with Crippen LogP contribution in [0.15, 0.2) is 35.5 Å². The van der Waals surface area contributed by atoms with Crippen molar-refractivity contribution in [3.8, 4) is 5.75 Å². The molecule has 2 rings (SSSR count). The maximum Gasteiger partial charge on any atom is 0.573 e. The first kappa shape index (κ1) is 23.5. The van der Waals surface area contributed by atoms with E-state index in [1.54, 1.807) is 23.5 Å². The Kier molecular flexibility index (Phi) is 9.84. The van der Waals surface area contributed by atoms with Crippen LogP contribution >= 0.6 is 35.3 Å². The Labute approximate surface area is 177 Å². The molecular weight excluding hydrogens is 492 g/mol. The normalized spacial score (nSPS) is 11.7. The molecule has 0 fully saturated rings. The van der Waals surface area contributed by atoms with Gasteiger partial charge >= 0.3 is 6.36 Å². The van der Waals surface area contributed by atoms with Gasteiger partial charge in [0.2, 0.25) is 0 Å². The molecule has 0 aliphatic rings. The molecule has 1 aromatic carbocycles. The molecule has 0 aliphatic heterocycles. The van der Waals surface area contributed by atoms with Crippen LogP contribution in [0.25, 0.3) is 0 Å². The number of hydrogen-bond donors (Lipinski definition) is 2. The molecule has 10 heteroatoms. The van der Waals surface area contributed by atoms with E-state index in [4.69, 9.17) is 0 Å². The monoisotopic (exact) mass is 514 g/mol. The van der Waals surface area contributed by atoms with E-state index in [0.717, 1.165) is 22.0 Å². The molecular formula is C17H22F3IN4OS. The molecule has 0 amide bonds. The van der Waals surface area contributed by atoms with E-state index in [1.165, 1.54) is 12.1 Å². The van der Waals surface area contributed by atoms with Gasteiger partial charge in [0.15, 0.2) is 5.96 Å². The highest BCUT2D eigenvalue weighted by Crippen LogP contribution is 2.22. The number of ether oxygens (including phenoxy) is 1. The van der Waals surface area contributed by atoms with Gasteiger partial charge in [-0.05, 0) is 38.0 Å². The molecule has 0 saturated carbocycles. The van der Waals surface area contributed by atoms with Crippen molar-refractivity contribution < 1.29 is 17.9 Å². The summed E-state index contributed by atoms with van der Waals surface area (Å²) in [5.74, 6) is 0.459. The first-order valence-corrected chi connectivity index (χ1v) is 8.95. The lowest BCUT2D eigenvalue weighted by Gasteiger charge is -2.12. The number of aliphatic imine (C=N–C) groups is 1. The van der Waals surface area contributed by atoms with Crippen molar-refractivity contribution >= 4 is 41.3 Å². The van der Waals surface area contributed by atoms with Crippen LogP contribution in [0.2, 0.25) is 0 Å². The summed E-state index contributed by atoms with van der Waals surface area (Å²) in [5, 5.41) is 7.30. The summed E-state index contributed by atoms with van der Waals surface area (Å²) in [6.45, 7) is 5.80. The molecule has 0 aliphatic carbocycles. The fourth-order valence-corrected chi connectivity index (χ4v) is 2.86. The summed E-state index contributed by atoms with van der Waals surface area (Å²) in [7, 11) is 0. The van der Waals surface area contributed by atoms with Gasteiger partial charge in [0, 0.05) is 24.2 Å². The zero-order valence-corrected chi connectivity index (χ0v) is 18.1. The maximum atomic E-state index is 12.1. The third-order valence-electron chi connectivity index (χ3n) is 3.25. The standard InChI is InChI=1S/C17H21F3N4OS.HI/c1-3-21-16(24-11-15-23-10-12(2)26-15)22-9-8-13-4-6-14(7-5-13)25-17(18,19)20;/h4-7,10H,3,8-9,11H2,1-2H3,(H2,21,22,24);1H. The zero-order chi connectivity index (χ0) is 19.0. The molecule has 0 bridgehead atoms. The fourth-order valence-electron chi connectivity index (χ4n) is 2.15. The first-order chi connectivity index (χ1) is 12.4. The van der Waals surface area contributed by atoms with Gasteiger partial charge in [-0.25, -0.2) is 9.98 Å². The Morgan fingerprint density at radius 1 is 1.22 bits per heavy atom. The van der Waals surface area contributed by atoms with E-state index < -0.39 is 6.36 Å². The Balaban J connectivity index is 0.00000364. The van der Waals surface area contributed by atoms with E-state index in [1.807, 2.05) is 20.0 Å². The molecule has 0 unspecified atom stereocenters. The number of aryl methyl sites for hydroxylation is 1. The average molecular weight is 514 g/mol. The van der Waals surface area contributed by atoms with Crippen LogP contribution in [0.4, 0.5) is 13.2 Å². The smallest absolute Gasteiger partial charge is 0.406 e. The minimum Gasteiger partial charge on any atom is -0.406 e. The molecule has 0 saturated heterocycles. The highest BCUT2D eigenvalue weighted by atomic mass is 127. The summed E-state index contributed by atoms with van der Waals surface area (Å²) in [6, 6.07) is 5.86. The predicted molar refractivity (Wildman–Crippen MR) is 112 cm³/mol. The summed E-state index contributed by atoms with van der Waals surface area (Å²) >= 11 is 1.61. The topological polar surface area (TPSA) is 58.5 Å². The average Bonchev–Trinajstić information content (AvgIpc) is 2.98. The number of nitrogens with one attached hydrogen (secondary N) is 2. The van der Waals surface area contributed by atoms with Crippen molar-refractivity contribution in [1.29, 1.82) is 0 Å². The molecule has 27 heavy (non-hydrogen) atoms. The number of thiazole rings is 1. The zero-order valence-electron chi connectivity index (χ0n) is 15.0. The molecule has 150 valence electrons. The third kappa shape index (κ3) is 9.27. The van der Waals surface area contributed by atoms with E-state index in [0.29, 0.717) is 25.5 Å². The second kappa shape index (κ2) is 11.3. The summed E-state index contributed by atoms with van der Waals surface area (Å²) < 4.78 is 40.3. The lowest BCUT2D eigenvalue weighted by atomic mass is 10.1. The molecule has 5 nitrogen and oxygen atoms in total. The van der Waals surface area contributed by atoms with Crippen molar-refractivity contribution in [2.45, 2.75) is 33.2 Å². The van der Waals surface area contributed by atoms with Gasteiger partial charge in [-0.15, -0.1) is 48.5 Å². The molecule has 2 aromatic rings. The second-order valence-corrected chi connectivity index (χ2v) is 6.75. The van der Waals surface area contributed by atoms with Gasteiger partial charge in [-0.3, -0.25) is 0 Å². The Morgan fingerprint density at radius 2 is 1.93 bits per heavy atom. The van der Waals surface area contributed by atoms with E-state index in [9.17, 15) is 13.2 Å². The summed E-state index contributed by atoms with van der Waals surface area (Å²) in [5.41, 5.74) is 0.901. The SMILES string of the molecule is CCNC(=NCc1ncc(C)s1)NCCc1ccc(OC(F)(F)F)cc1.I. The van der Waals surface area contributed by atoms with E-state index in [2.05, 4.69) is 25.3 Å². The minimum atomic E-state index is -4.67. The molecule has 1 heterocycles. The summed E-state index contributed by atoms with van der Waals surface area (Å²) in [4.78, 5) is 9.90. The maximum absolute atomic E-state index is 12.1. The number of alkyl halides is 3. The van der Waals surface area contributed by atoms with Gasteiger partial charge in [-0.2, -0.15) is 0 Å². The first-order valence-electron chi connectivity index (χ1n) is 8.14. The van der Waals surface area contributed by atoms with E-state index >= 15 is 0 Å². The molecule has 1 aromatic heterocycles. The highest BCUT2D eigenvalue weighted by Gasteiger charge is 2.30. The van der Waals surface area contributed by atoms with Crippen LogP contribution in [0, 0.1) is 6.92 Å². The van der Waals surface area contributed by atoms with Gasteiger partial charge in [0.25, 0.3) is 0 Å². The lowest BCUT2D eigenvalue weighted by molar-refractivity contribution is -0.274. The van der Waals surface area contributed by atoms with Crippen molar-refractivity contribution in [1.82, 2.24) is 15.6 Å². The van der Waals surface area contributed by atoms with Gasteiger partial charge < -0.3 is 15.4 Å². The summed E-state index contributed by atoms with van der Waals surface area (Å²) in [6.07, 6.45) is -2.20. The number of aromatic nitrogens is 1. The minimum absolute atomic E-state index is 0. The van der Waals surface area contributed by atoms with Crippen molar-refractivity contribution in [3.05, 3.63) is 45.9 Å². The van der Waals surface area contributed by atoms with Crippen molar-refractivity contribution in [2.75, 3.05) is 13.1 Å². The lowest BCUT2D eigenvalue weighted by Crippen LogP contribution is -2.38. The van der Waals surface area contributed by atoms with Crippen LogP contribution in [0.3, 0.4) is 0 Å². The van der Waals surface area contributed by atoms with Crippen molar-refractivity contribution in [3.63, 3.8) is 0 Å². The van der Waals surface area contributed by atoms with Crippen LogP contribution in [-0.4, -0.2) is 30.4 Å². The van der Waals surface area contributed by atoms with Crippen LogP contribution < -0.4 is 15.4 Å². The number of halogens is 4. The van der Waals surface area contributed by atoms with Crippen LogP contribution in [-0.2, 0) is 13.0 Å². The van der Waals surface area contributed by atoms with Crippen LogP contribution in [0.5, 0.6) is 5.75 Å². The van der Waals surface area contributed by atoms with E-state index in [-0.39, 0.29) is 29.7 Å². The third-order valence-corrected chi connectivity index (χ3v) is 4.15. The largest absolute Gasteiger partial charge is 0.573 e. The van der Waals surface area contributed by atoms with Gasteiger partial charge in [0.1, 0.15) is 10.8 Å². The quantitative estimate of drug-likeness (QED) is 0.330. The highest BCUT2D eigenvalue weighted by molar-refractivity contribution is 14.0. The molecule has 2 N–H and O–H groups in total. The Hall–Kier alpha value is -1.56. The number of hydrogen-bond acceptors (Lipinski definition) is 4. The van der Waals surface area contributed by atoms with Gasteiger partial charge in [0.05, 0.1) is 6.54 Å². The number of rotatable bonds is 7. The van der Waals surface area contributed by atoms with Crippen molar-refractivity contribution in [2.24, 2.45) is 4.99 Å². The second-order valence-electron chi connectivity index (χ2n) is 5.43. The van der Waals surface area contributed by atoms with Crippen LogP contribution in [0.1, 0.15) is 22.4 Å². The van der Waals surface area contributed by atoms with Gasteiger partial charge in [-0.1, -0.05) is 12.1 Å².